The minimum absolute atomic E-state index is 0.662. The molecule has 110 valence electrons. The molecule has 7 heteroatoms. The quantitative estimate of drug-likeness (QED) is 0.575. The van der Waals surface area contributed by atoms with Crippen molar-refractivity contribution in [1.82, 2.24) is 25.1 Å². The molecule has 2 N–H and O–H groups in total. The zero-order chi connectivity index (χ0) is 14.4. The van der Waals surface area contributed by atoms with Gasteiger partial charge in [0.2, 0.25) is 5.95 Å². The Balaban J connectivity index is 2.09. The van der Waals surface area contributed by atoms with Gasteiger partial charge < -0.3 is 10.2 Å². The minimum Gasteiger partial charge on any atom is -0.354 e. The van der Waals surface area contributed by atoms with Gasteiger partial charge in [0.05, 0.1) is 11.6 Å². The summed E-state index contributed by atoms with van der Waals surface area (Å²) in [7, 11) is 0. The summed E-state index contributed by atoms with van der Waals surface area (Å²) < 4.78 is 0. The molecular weight excluding hydrogens is 272 g/mol. The van der Waals surface area contributed by atoms with Gasteiger partial charge in [0.15, 0.2) is 5.65 Å². The van der Waals surface area contributed by atoms with Crippen molar-refractivity contribution in [2.24, 2.45) is 0 Å². The van der Waals surface area contributed by atoms with E-state index in [1.165, 1.54) is 0 Å². The fourth-order valence-electron chi connectivity index (χ4n) is 1.97. The molecular formula is C13H22N6S. The topological polar surface area (TPSA) is 69.7 Å². The standard InChI is InChI=1S/C13H22N6S/c1-4-14-13-16-11-10(9-15-18-11)12(17-13)20-8-7-19(5-2)6-3/h9H,4-8H2,1-3H3,(H2,14,15,16,17,18). The van der Waals surface area contributed by atoms with Crippen LogP contribution in [0.5, 0.6) is 0 Å². The molecule has 0 amide bonds. The van der Waals surface area contributed by atoms with E-state index in [0.717, 1.165) is 48.0 Å². The highest BCUT2D eigenvalue weighted by atomic mass is 32.2. The highest BCUT2D eigenvalue weighted by Crippen LogP contribution is 2.25. The molecule has 0 radical (unpaired) electrons. The van der Waals surface area contributed by atoms with Crippen LogP contribution in [-0.4, -0.2) is 57.0 Å². The number of rotatable bonds is 8. The van der Waals surface area contributed by atoms with Gasteiger partial charge in [-0.25, -0.2) is 4.98 Å². The number of fused-ring (bicyclic) bond motifs is 1. The Morgan fingerprint density at radius 3 is 2.75 bits per heavy atom. The Morgan fingerprint density at radius 1 is 1.25 bits per heavy atom. The molecule has 0 fully saturated rings. The van der Waals surface area contributed by atoms with Crippen molar-refractivity contribution < 1.29 is 0 Å². The first-order valence-electron chi connectivity index (χ1n) is 7.08. The molecule has 0 spiro atoms. The molecule has 20 heavy (non-hydrogen) atoms. The van der Waals surface area contributed by atoms with Crippen LogP contribution in [0.3, 0.4) is 0 Å². The molecule has 0 aliphatic heterocycles. The lowest BCUT2D eigenvalue weighted by Gasteiger charge is -2.17. The number of aromatic nitrogens is 4. The average Bonchev–Trinajstić information content (AvgIpc) is 2.92. The van der Waals surface area contributed by atoms with E-state index in [-0.39, 0.29) is 0 Å². The van der Waals surface area contributed by atoms with Gasteiger partial charge in [0, 0.05) is 18.8 Å². The van der Waals surface area contributed by atoms with Gasteiger partial charge in [-0.15, -0.1) is 11.8 Å². The molecule has 0 aromatic carbocycles. The maximum Gasteiger partial charge on any atom is 0.225 e. The molecule has 0 atom stereocenters. The first-order chi connectivity index (χ1) is 9.78. The zero-order valence-corrected chi connectivity index (χ0v) is 13.1. The van der Waals surface area contributed by atoms with Crippen LogP contribution in [0.15, 0.2) is 11.2 Å². The van der Waals surface area contributed by atoms with Crippen molar-refractivity contribution in [3.63, 3.8) is 0 Å². The minimum atomic E-state index is 0.662. The van der Waals surface area contributed by atoms with Gasteiger partial charge in [-0.1, -0.05) is 13.8 Å². The summed E-state index contributed by atoms with van der Waals surface area (Å²) in [5.41, 5.74) is 0.793. The summed E-state index contributed by atoms with van der Waals surface area (Å²) in [6, 6.07) is 0. The van der Waals surface area contributed by atoms with Crippen LogP contribution in [0.25, 0.3) is 11.0 Å². The summed E-state index contributed by atoms with van der Waals surface area (Å²) >= 11 is 1.76. The van der Waals surface area contributed by atoms with E-state index in [1.807, 2.05) is 6.92 Å². The van der Waals surface area contributed by atoms with Gasteiger partial charge in [0.1, 0.15) is 5.03 Å². The second kappa shape index (κ2) is 7.44. The number of nitrogens with zero attached hydrogens (tertiary/aromatic N) is 4. The number of nitrogens with one attached hydrogen (secondary N) is 2. The van der Waals surface area contributed by atoms with Crippen LogP contribution in [0.2, 0.25) is 0 Å². The van der Waals surface area contributed by atoms with Crippen LogP contribution >= 0.6 is 11.8 Å². The van der Waals surface area contributed by atoms with Crippen LogP contribution in [0, 0.1) is 0 Å². The SMILES string of the molecule is CCNc1nc(SCCN(CC)CC)c2cn[nH]c2n1. The monoisotopic (exact) mass is 294 g/mol. The van der Waals surface area contributed by atoms with Gasteiger partial charge in [-0.05, 0) is 20.0 Å². The van der Waals surface area contributed by atoms with E-state index in [1.54, 1.807) is 18.0 Å². The van der Waals surface area contributed by atoms with Crippen LogP contribution in [0.1, 0.15) is 20.8 Å². The first kappa shape index (κ1) is 15.1. The summed E-state index contributed by atoms with van der Waals surface area (Å²) in [4.78, 5) is 11.4. The fourth-order valence-corrected chi connectivity index (χ4v) is 2.97. The van der Waals surface area contributed by atoms with Gasteiger partial charge in [0.25, 0.3) is 0 Å². The largest absolute Gasteiger partial charge is 0.354 e. The Hall–Kier alpha value is -1.34. The number of thioether (sulfide) groups is 1. The third kappa shape index (κ3) is 3.61. The maximum atomic E-state index is 4.57. The number of H-pyrrole nitrogens is 1. The second-order valence-corrected chi connectivity index (χ2v) is 5.47. The molecule has 0 saturated carbocycles. The predicted octanol–water partition coefficient (Wildman–Crippen LogP) is 2.22. The lowest BCUT2D eigenvalue weighted by molar-refractivity contribution is 0.324. The molecule has 2 aromatic heterocycles. The van der Waals surface area contributed by atoms with Crippen molar-refractivity contribution in [3.05, 3.63) is 6.20 Å². The molecule has 0 unspecified atom stereocenters. The Kier molecular flexibility index (Phi) is 5.60. The number of hydrogen-bond donors (Lipinski definition) is 2. The molecule has 0 aliphatic carbocycles. The molecule has 2 heterocycles. The van der Waals surface area contributed by atoms with Crippen molar-refractivity contribution in [2.75, 3.05) is 37.2 Å². The third-order valence-electron chi connectivity index (χ3n) is 3.15. The molecule has 2 rings (SSSR count). The van der Waals surface area contributed by atoms with Crippen molar-refractivity contribution in [2.45, 2.75) is 25.8 Å². The maximum absolute atomic E-state index is 4.57. The Labute approximate surface area is 123 Å². The van der Waals surface area contributed by atoms with Crippen molar-refractivity contribution in [1.29, 1.82) is 0 Å². The van der Waals surface area contributed by atoms with E-state index in [4.69, 9.17) is 0 Å². The van der Waals surface area contributed by atoms with Crippen LogP contribution in [0.4, 0.5) is 5.95 Å². The highest BCUT2D eigenvalue weighted by Gasteiger charge is 2.10. The average molecular weight is 294 g/mol. The predicted molar refractivity (Wildman–Crippen MR) is 84.4 cm³/mol. The first-order valence-corrected chi connectivity index (χ1v) is 8.07. The fraction of sp³-hybridized carbons (Fsp3) is 0.615. The van der Waals surface area contributed by atoms with Gasteiger partial charge >= 0.3 is 0 Å². The zero-order valence-electron chi connectivity index (χ0n) is 12.3. The smallest absolute Gasteiger partial charge is 0.225 e. The molecule has 2 aromatic rings. The van der Waals surface area contributed by atoms with Gasteiger partial charge in [-0.3, -0.25) is 5.10 Å². The molecule has 0 aliphatic rings. The van der Waals surface area contributed by atoms with E-state index in [9.17, 15) is 0 Å². The normalized spacial score (nSPS) is 11.4. The summed E-state index contributed by atoms with van der Waals surface area (Å²) in [6.45, 7) is 10.5. The van der Waals surface area contributed by atoms with Crippen LogP contribution < -0.4 is 5.32 Å². The summed E-state index contributed by atoms with van der Waals surface area (Å²) in [6.07, 6.45) is 1.80. The Morgan fingerprint density at radius 2 is 2.05 bits per heavy atom. The van der Waals surface area contributed by atoms with Gasteiger partial charge in [-0.2, -0.15) is 10.1 Å². The lowest BCUT2D eigenvalue weighted by atomic mass is 10.4. The summed E-state index contributed by atoms with van der Waals surface area (Å²) in [5, 5.41) is 12.1. The number of aromatic amines is 1. The van der Waals surface area contributed by atoms with E-state index in [2.05, 4.69) is 44.2 Å². The van der Waals surface area contributed by atoms with E-state index in [0.29, 0.717) is 5.95 Å². The van der Waals surface area contributed by atoms with Crippen LogP contribution in [-0.2, 0) is 0 Å². The van der Waals surface area contributed by atoms with Crippen molar-refractivity contribution in [3.8, 4) is 0 Å². The molecule has 0 bridgehead atoms. The number of hydrogen-bond acceptors (Lipinski definition) is 6. The molecule has 6 nitrogen and oxygen atoms in total. The lowest BCUT2D eigenvalue weighted by Crippen LogP contribution is -2.25. The summed E-state index contributed by atoms with van der Waals surface area (Å²) in [5.74, 6) is 1.68. The molecule has 0 saturated heterocycles. The Bertz CT molecular complexity index is 537. The second-order valence-electron chi connectivity index (χ2n) is 4.39. The third-order valence-corrected chi connectivity index (χ3v) is 4.12. The van der Waals surface area contributed by atoms with E-state index < -0.39 is 0 Å². The highest BCUT2D eigenvalue weighted by molar-refractivity contribution is 7.99. The number of anilines is 1. The van der Waals surface area contributed by atoms with E-state index >= 15 is 0 Å². The van der Waals surface area contributed by atoms with Crippen molar-refractivity contribution >= 4 is 28.7 Å².